The molecular weight excluding hydrogens is 260 g/mol. The molecule has 0 aliphatic carbocycles. The number of rotatable bonds is 3. The molecule has 0 bridgehead atoms. The molecule has 0 radical (unpaired) electrons. The summed E-state index contributed by atoms with van der Waals surface area (Å²) in [7, 11) is 3.35. The van der Waals surface area contributed by atoms with Gasteiger partial charge < -0.3 is 15.1 Å². The van der Waals surface area contributed by atoms with E-state index in [2.05, 4.69) is 0 Å². The number of aromatic hydroxyl groups is 1. The first-order chi connectivity index (χ1) is 9.40. The summed E-state index contributed by atoms with van der Waals surface area (Å²) in [5, 5.41) is 19.3. The first-order valence-electron chi connectivity index (χ1n) is 6.16. The quantitative estimate of drug-likeness (QED) is 0.896. The predicted octanol–water partition coefficient (Wildman–Crippen LogP) is 1.89. The fourth-order valence-corrected chi connectivity index (χ4v) is 2.11. The Morgan fingerprint density at radius 2 is 2.00 bits per heavy atom. The van der Waals surface area contributed by atoms with Crippen LogP contribution in [0.3, 0.4) is 0 Å². The van der Waals surface area contributed by atoms with Gasteiger partial charge in [-0.1, -0.05) is 0 Å². The minimum atomic E-state index is -1.09. The van der Waals surface area contributed by atoms with E-state index in [1.54, 1.807) is 20.2 Å². The van der Waals surface area contributed by atoms with E-state index in [1.165, 1.54) is 23.2 Å². The van der Waals surface area contributed by atoms with Gasteiger partial charge in [-0.05, 0) is 30.2 Å². The molecule has 6 nitrogen and oxygen atoms in total. The molecule has 0 saturated heterocycles. The summed E-state index contributed by atoms with van der Waals surface area (Å²) in [4.78, 5) is 24.3. The fourth-order valence-electron chi connectivity index (χ4n) is 2.11. The molecule has 0 unspecified atom stereocenters. The number of carbonyl (C=O) groups excluding carboxylic acids is 1. The fraction of sp³-hybridized carbons (Fsp3) is 0.286. The molecule has 2 N–H and O–H groups in total. The Kier molecular flexibility index (Phi) is 3.65. The number of hydrogen-bond acceptors (Lipinski definition) is 3. The maximum absolute atomic E-state index is 11.6. The summed E-state index contributed by atoms with van der Waals surface area (Å²) in [5.41, 5.74) is 1.23. The first-order valence-corrected chi connectivity index (χ1v) is 6.16. The highest BCUT2D eigenvalue weighted by Crippen LogP contribution is 2.26. The van der Waals surface area contributed by atoms with E-state index in [-0.39, 0.29) is 11.7 Å². The van der Waals surface area contributed by atoms with E-state index >= 15 is 0 Å². The van der Waals surface area contributed by atoms with Gasteiger partial charge in [0.25, 0.3) is 0 Å². The number of nitrogens with zero attached hydrogens (tertiary/aromatic N) is 2. The van der Waals surface area contributed by atoms with Crippen molar-refractivity contribution in [1.29, 1.82) is 0 Å². The number of hydrogen-bond donors (Lipinski definition) is 2. The van der Waals surface area contributed by atoms with Crippen molar-refractivity contribution in [1.82, 2.24) is 9.47 Å². The van der Waals surface area contributed by atoms with Crippen LogP contribution in [-0.2, 0) is 11.2 Å². The number of carboxylic acid groups (broad SMARTS) is 1. The van der Waals surface area contributed by atoms with Gasteiger partial charge in [-0.25, -0.2) is 4.79 Å². The smallest absolute Gasteiger partial charge is 0.416 e. The van der Waals surface area contributed by atoms with Crippen LogP contribution >= 0.6 is 0 Å². The molecule has 1 aromatic carbocycles. The third kappa shape index (κ3) is 2.59. The maximum Gasteiger partial charge on any atom is 0.416 e. The lowest BCUT2D eigenvalue weighted by Crippen LogP contribution is -2.21. The van der Waals surface area contributed by atoms with Crippen molar-refractivity contribution in [3.05, 3.63) is 30.0 Å². The Balaban J connectivity index is 2.40. The Hall–Kier alpha value is -2.50. The van der Waals surface area contributed by atoms with Crippen LogP contribution in [-0.4, -0.2) is 45.8 Å². The third-order valence-electron chi connectivity index (χ3n) is 3.18. The molecule has 2 rings (SSSR count). The second-order valence-electron chi connectivity index (χ2n) is 4.80. The Labute approximate surface area is 115 Å². The highest BCUT2D eigenvalue weighted by atomic mass is 16.4. The van der Waals surface area contributed by atoms with Gasteiger partial charge in [-0.15, -0.1) is 0 Å². The van der Waals surface area contributed by atoms with Crippen LogP contribution in [0.2, 0.25) is 0 Å². The highest BCUT2D eigenvalue weighted by Gasteiger charge is 2.14. The lowest BCUT2D eigenvalue weighted by molar-refractivity contribution is -0.128. The molecule has 0 fully saturated rings. The zero-order valence-corrected chi connectivity index (χ0v) is 11.3. The number of amides is 1. The number of carbonyl (C=O) groups is 2. The largest absolute Gasteiger partial charge is 0.508 e. The van der Waals surface area contributed by atoms with Gasteiger partial charge in [0.2, 0.25) is 5.91 Å². The number of phenols is 1. The van der Waals surface area contributed by atoms with Crippen molar-refractivity contribution in [3.8, 4) is 5.75 Å². The normalized spacial score (nSPS) is 10.7. The maximum atomic E-state index is 11.6. The number of phenolic OH excluding ortho intramolecular Hbond substituents is 1. The summed E-state index contributed by atoms with van der Waals surface area (Å²) in [6.07, 6.45) is 1.12. The van der Waals surface area contributed by atoms with Crippen LogP contribution in [0.4, 0.5) is 4.79 Å². The Morgan fingerprint density at radius 3 is 2.60 bits per heavy atom. The Bertz CT molecular complexity index is 673. The highest BCUT2D eigenvalue weighted by molar-refractivity contribution is 5.92. The summed E-state index contributed by atoms with van der Waals surface area (Å²) >= 11 is 0. The minimum Gasteiger partial charge on any atom is -0.508 e. The molecule has 1 amide bonds. The van der Waals surface area contributed by atoms with Crippen molar-refractivity contribution in [2.75, 3.05) is 14.1 Å². The standard InChI is InChI=1S/C14H16N2O4/c1-15(2)13(18)6-3-9-8-16(14(19)20)12-5-4-10(17)7-11(9)12/h4-5,7-8,17H,3,6H2,1-2H3,(H,19,20). The molecule has 0 spiro atoms. The van der Waals surface area contributed by atoms with Crippen molar-refractivity contribution in [2.24, 2.45) is 0 Å². The van der Waals surface area contributed by atoms with Crippen molar-refractivity contribution >= 4 is 22.9 Å². The van der Waals surface area contributed by atoms with Crippen molar-refractivity contribution < 1.29 is 19.8 Å². The zero-order valence-electron chi connectivity index (χ0n) is 11.3. The van der Waals surface area contributed by atoms with Crippen LogP contribution in [0.15, 0.2) is 24.4 Å². The Morgan fingerprint density at radius 1 is 1.30 bits per heavy atom. The van der Waals surface area contributed by atoms with E-state index < -0.39 is 6.09 Å². The van der Waals surface area contributed by atoms with Crippen molar-refractivity contribution in [3.63, 3.8) is 0 Å². The minimum absolute atomic E-state index is 0.0265. The van der Waals surface area contributed by atoms with E-state index in [0.29, 0.717) is 23.7 Å². The topological polar surface area (TPSA) is 82.8 Å². The van der Waals surface area contributed by atoms with Crippen LogP contribution in [0.25, 0.3) is 10.9 Å². The van der Waals surface area contributed by atoms with E-state index in [9.17, 15) is 14.7 Å². The summed E-state index contributed by atoms with van der Waals surface area (Å²) in [6, 6.07) is 4.51. The van der Waals surface area contributed by atoms with Gasteiger partial charge >= 0.3 is 6.09 Å². The van der Waals surface area contributed by atoms with Gasteiger partial charge in [0.15, 0.2) is 0 Å². The van der Waals surface area contributed by atoms with Gasteiger partial charge in [0, 0.05) is 32.1 Å². The number of aryl methyl sites for hydroxylation is 1. The van der Waals surface area contributed by atoms with Gasteiger partial charge in [0.05, 0.1) is 5.52 Å². The number of aromatic nitrogens is 1. The SMILES string of the molecule is CN(C)C(=O)CCc1cn(C(=O)O)c2ccc(O)cc12. The van der Waals surface area contributed by atoms with E-state index in [1.807, 2.05) is 0 Å². The average Bonchev–Trinajstić information content (AvgIpc) is 2.74. The molecule has 2 aromatic rings. The zero-order chi connectivity index (χ0) is 14.9. The van der Waals surface area contributed by atoms with Crippen LogP contribution in [0.1, 0.15) is 12.0 Å². The number of fused-ring (bicyclic) bond motifs is 1. The lowest BCUT2D eigenvalue weighted by Gasteiger charge is -2.09. The molecule has 0 aliphatic rings. The monoisotopic (exact) mass is 276 g/mol. The summed E-state index contributed by atoms with van der Waals surface area (Å²) in [6.45, 7) is 0. The van der Waals surface area contributed by atoms with Gasteiger partial charge in [0.1, 0.15) is 5.75 Å². The lowest BCUT2D eigenvalue weighted by atomic mass is 10.1. The van der Waals surface area contributed by atoms with E-state index in [0.717, 1.165) is 10.1 Å². The molecule has 0 aliphatic heterocycles. The molecule has 106 valence electrons. The first kappa shape index (κ1) is 13.9. The average molecular weight is 276 g/mol. The molecule has 20 heavy (non-hydrogen) atoms. The molecule has 1 heterocycles. The molecule has 0 atom stereocenters. The third-order valence-corrected chi connectivity index (χ3v) is 3.18. The van der Waals surface area contributed by atoms with Crippen LogP contribution < -0.4 is 0 Å². The van der Waals surface area contributed by atoms with E-state index in [4.69, 9.17) is 5.11 Å². The summed E-state index contributed by atoms with van der Waals surface area (Å²) in [5.74, 6) is 0.0437. The molecule has 6 heteroatoms. The van der Waals surface area contributed by atoms with Crippen molar-refractivity contribution in [2.45, 2.75) is 12.8 Å². The molecule has 0 saturated carbocycles. The van der Waals surface area contributed by atoms with Crippen LogP contribution in [0, 0.1) is 0 Å². The second kappa shape index (κ2) is 5.24. The predicted molar refractivity (Wildman–Crippen MR) is 74.0 cm³/mol. The van der Waals surface area contributed by atoms with Gasteiger partial charge in [-0.3, -0.25) is 9.36 Å². The summed E-state index contributed by atoms with van der Waals surface area (Å²) < 4.78 is 1.10. The van der Waals surface area contributed by atoms with Crippen LogP contribution in [0.5, 0.6) is 5.75 Å². The number of benzene rings is 1. The van der Waals surface area contributed by atoms with Gasteiger partial charge in [-0.2, -0.15) is 0 Å². The molecular formula is C14H16N2O4. The molecule has 1 aromatic heterocycles. The second-order valence-corrected chi connectivity index (χ2v) is 4.80.